The molecule has 0 N–H and O–H groups in total. The first-order valence-electron chi connectivity index (χ1n) is 8.36. The average molecular weight is 279 g/mol. The zero-order chi connectivity index (χ0) is 14.4. The maximum absolute atomic E-state index is 2.46. The normalized spacial score (nSPS) is 31.4. The second kappa shape index (κ2) is 5.14. The first kappa shape index (κ1) is 13.3. The van der Waals surface area contributed by atoms with Gasteiger partial charge in [-0.3, -0.25) is 0 Å². The molecule has 2 aromatic rings. The van der Waals surface area contributed by atoms with Crippen LogP contribution >= 0.6 is 0 Å². The zero-order valence-electron chi connectivity index (χ0n) is 13.1. The molecule has 2 bridgehead atoms. The Morgan fingerprint density at radius 2 is 1.71 bits per heavy atom. The van der Waals surface area contributed by atoms with Gasteiger partial charge in [0.2, 0.25) is 0 Å². The van der Waals surface area contributed by atoms with Gasteiger partial charge in [0.05, 0.1) is 0 Å². The Bertz CT molecular complexity index is 645. The molecule has 1 heteroatoms. The second-order valence-electron chi connectivity index (χ2n) is 7.39. The molecule has 2 aromatic carbocycles. The third-order valence-electron chi connectivity index (χ3n) is 5.82. The summed E-state index contributed by atoms with van der Waals surface area (Å²) >= 11 is 0. The summed E-state index contributed by atoms with van der Waals surface area (Å²) in [6.07, 6.45) is 4.38. The van der Waals surface area contributed by atoms with E-state index in [2.05, 4.69) is 61.5 Å². The smallest absolute Gasteiger partial charge is 0.00122 e. The van der Waals surface area contributed by atoms with Gasteiger partial charge in [-0.2, -0.15) is 0 Å². The molecule has 0 aliphatic heterocycles. The Balaban J connectivity index is 1.71. The number of hydrogen-bond acceptors (Lipinski definition) is 1. The molecule has 2 aliphatic rings. The summed E-state index contributed by atoms with van der Waals surface area (Å²) < 4.78 is 0. The Morgan fingerprint density at radius 3 is 2.52 bits per heavy atom. The summed E-state index contributed by atoms with van der Waals surface area (Å²) in [5, 5.41) is 2.77. The first-order chi connectivity index (χ1) is 10.2. The zero-order valence-corrected chi connectivity index (χ0v) is 13.1. The van der Waals surface area contributed by atoms with E-state index in [1.807, 2.05) is 0 Å². The molecular weight excluding hydrogens is 254 g/mol. The quantitative estimate of drug-likeness (QED) is 0.798. The van der Waals surface area contributed by atoms with Gasteiger partial charge in [0, 0.05) is 6.54 Å². The third-order valence-corrected chi connectivity index (χ3v) is 5.82. The topological polar surface area (TPSA) is 3.24 Å². The van der Waals surface area contributed by atoms with Gasteiger partial charge in [0.15, 0.2) is 0 Å². The van der Waals surface area contributed by atoms with Gasteiger partial charge in [-0.25, -0.2) is 0 Å². The molecule has 2 aliphatic carbocycles. The molecule has 0 unspecified atom stereocenters. The fourth-order valence-electron chi connectivity index (χ4n) is 5.03. The van der Waals surface area contributed by atoms with E-state index in [4.69, 9.17) is 0 Å². The van der Waals surface area contributed by atoms with E-state index in [-0.39, 0.29) is 0 Å². The highest BCUT2D eigenvalue weighted by atomic mass is 15.1. The summed E-state index contributed by atoms with van der Waals surface area (Å²) in [4.78, 5) is 2.39. The van der Waals surface area contributed by atoms with Crippen molar-refractivity contribution in [2.45, 2.75) is 25.2 Å². The standard InChI is InChI=1S/C20H25N/c1-21(2)13-19-16-8-10-18(12-16)20(19)17-9-7-14-5-3-4-6-15(14)11-17/h3-7,9,11,16,18-20H,8,10,12-13H2,1-2H3/t16-,18+,19-,20-/m1/s1. The van der Waals surface area contributed by atoms with Crippen LogP contribution in [0, 0.1) is 17.8 Å². The van der Waals surface area contributed by atoms with Crippen LogP contribution in [0.2, 0.25) is 0 Å². The van der Waals surface area contributed by atoms with Crippen LogP contribution in [0.3, 0.4) is 0 Å². The van der Waals surface area contributed by atoms with Gasteiger partial charge in [-0.15, -0.1) is 0 Å². The minimum absolute atomic E-state index is 0.788. The van der Waals surface area contributed by atoms with Gasteiger partial charge in [0.1, 0.15) is 0 Å². The van der Waals surface area contributed by atoms with E-state index >= 15 is 0 Å². The fourth-order valence-corrected chi connectivity index (χ4v) is 5.03. The number of rotatable bonds is 3. The van der Waals surface area contributed by atoms with Crippen molar-refractivity contribution in [3.8, 4) is 0 Å². The maximum Gasteiger partial charge on any atom is 0.00122 e. The second-order valence-corrected chi connectivity index (χ2v) is 7.39. The minimum Gasteiger partial charge on any atom is -0.309 e. The monoisotopic (exact) mass is 279 g/mol. The van der Waals surface area contributed by atoms with Crippen LogP contribution in [0.5, 0.6) is 0 Å². The van der Waals surface area contributed by atoms with E-state index in [9.17, 15) is 0 Å². The molecular formula is C20H25N. The lowest BCUT2D eigenvalue weighted by molar-refractivity contribution is 0.219. The summed E-state index contributed by atoms with van der Waals surface area (Å²) in [7, 11) is 4.45. The van der Waals surface area contributed by atoms with Crippen LogP contribution in [-0.4, -0.2) is 25.5 Å². The largest absolute Gasteiger partial charge is 0.309 e. The van der Waals surface area contributed by atoms with Crippen molar-refractivity contribution in [1.82, 2.24) is 4.90 Å². The van der Waals surface area contributed by atoms with E-state index in [0.29, 0.717) is 0 Å². The van der Waals surface area contributed by atoms with Crippen LogP contribution in [0.4, 0.5) is 0 Å². The molecule has 110 valence electrons. The van der Waals surface area contributed by atoms with Crippen molar-refractivity contribution in [2.24, 2.45) is 17.8 Å². The lowest BCUT2D eigenvalue weighted by Crippen LogP contribution is -2.30. The molecule has 0 spiro atoms. The van der Waals surface area contributed by atoms with Gasteiger partial charge >= 0.3 is 0 Å². The number of hydrogen-bond donors (Lipinski definition) is 0. The van der Waals surface area contributed by atoms with Crippen LogP contribution < -0.4 is 0 Å². The highest BCUT2D eigenvalue weighted by Gasteiger charge is 2.47. The Morgan fingerprint density at radius 1 is 0.952 bits per heavy atom. The van der Waals surface area contributed by atoms with E-state index in [0.717, 1.165) is 23.7 Å². The molecule has 0 heterocycles. The van der Waals surface area contributed by atoms with Gasteiger partial charge in [-0.1, -0.05) is 42.5 Å². The number of benzene rings is 2. The van der Waals surface area contributed by atoms with Crippen LogP contribution in [-0.2, 0) is 0 Å². The number of fused-ring (bicyclic) bond motifs is 3. The minimum atomic E-state index is 0.788. The van der Waals surface area contributed by atoms with Gasteiger partial charge < -0.3 is 4.90 Å². The molecule has 0 radical (unpaired) electrons. The lowest BCUT2D eigenvalue weighted by atomic mass is 9.75. The van der Waals surface area contributed by atoms with E-state index in [1.54, 1.807) is 5.56 Å². The van der Waals surface area contributed by atoms with Crippen LogP contribution in [0.15, 0.2) is 42.5 Å². The average Bonchev–Trinajstić information content (AvgIpc) is 3.07. The van der Waals surface area contributed by atoms with Crippen molar-refractivity contribution >= 4 is 10.8 Å². The predicted octanol–water partition coefficient (Wildman–Crippen LogP) is 4.53. The van der Waals surface area contributed by atoms with E-state index < -0.39 is 0 Å². The Kier molecular flexibility index (Phi) is 3.26. The van der Waals surface area contributed by atoms with Gasteiger partial charge in [-0.05, 0) is 73.4 Å². The summed E-state index contributed by atoms with van der Waals surface area (Å²) in [6.45, 7) is 1.25. The molecule has 2 saturated carbocycles. The van der Waals surface area contributed by atoms with Crippen molar-refractivity contribution in [3.05, 3.63) is 48.0 Å². The maximum atomic E-state index is 2.46. The van der Waals surface area contributed by atoms with Crippen molar-refractivity contribution in [1.29, 1.82) is 0 Å². The molecule has 2 fully saturated rings. The SMILES string of the molecule is CN(C)C[C@@H]1[C@@H]2CC[C@@H](C2)[C@H]1c1ccc2ccccc2c1. The van der Waals surface area contributed by atoms with Crippen molar-refractivity contribution < 1.29 is 0 Å². The van der Waals surface area contributed by atoms with Crippen LogP contribution in [0.25, 0.3) is 10.8 Å². The Hall–Kier alpha value is -1.34. The van der Waals surface area contributed by atoms with Crippen molar-refractivity contribution in [3.63, 3.8) is 0 Å². The fraction of sp³-hybridized carbons (Fsp3) is 0.500. The van der Waals surface area contributed by atoms with Crippen LogP contribution in [0.1, 0.15) is 30.7 Å². The molecule has 4 rings (SSSR count). The molecule has 21 heavy (non-hydrogen) atoms. The summed E-state index contributed by atoms with van der Waals surface area (Å²) in [5.41, 5.74) is 1.59. The first-order valence-corrected chi connectivity index (χ1v) is 8.36. The highest BCUT2D eigenvalue weighted by Crippen LogP contribution is 2.56. The van der Waals surface area contributed by atoms with E-state index in [1.165, 1.54) is 36.6 Å². The molecule has 0 aromatic heterocycles. The highest BCUT2D eigenvalue weighted by molar-refractivity contribution is 5.83. The molecule has 0 amide bonds. The molecule has 4 atom stereocenters. The lowest BCUT2D eigenvalue weighted by Gasteiger charge is -2.33. The molecule has 1 nitrogen and oxygen atoms in total. The predicted molar refractivity (Wildman–Crippen MR) is 89.6 cm³/mol. The number of nitrogens with zero attached hydrogens (tertiary/aromatic N) is 1. The summed E-state index contributed by atoms with van der Waals surface area (Å²) in [5.74, 6) is 3.55. The Labute approximate surface area is 128 Å². The third kappa shape index (κ3) is 2.28. The molecule has 0 saturated heterocycles. The van der Waals surface area contributed by atoms with Crippen molar-refractivity contribution in [2.75, 3.05) is 20.6 Å². The van der Waals surface area contributed by atoms with Gasteiger partial charge in [0.25, 0.3) is 0 Å². The summed E-state index contributed by atoms with van der Waals surface area (Å²) in [6, 6.07) is 16.0.